The van der Waals surface area contributed by atoms with Crippen molar-refractivity contribution in [1.29, 1.82) is 0 Å². The largest absolute Gasteiger partial charge is 0.311 e. The van der Waals surface area contributed by atoms with Gasteiger partial charge < -0.3 is 5.32 Å². The lowest BCUT2D eigenvalue weighted by Gasteiger charge is -2.03. The van der Waals surface area contributed by atoms with Gasteiger partial charge in [0.15, 0.2) is 0 Å². The molecule has 0 aliphatic heterocycles. The summed E-state index contributed by atoms with van der Waals surface area (Å²) in [7, 11) is 0. The van der Waals surface area contributed by atoms with E-state index in [1.54, 1.807) is 6.07 Å². The van der Waals surface area contributed by atoms with Gasteiger partial charge in [-0.2, -0.15) is 0 Å². The van der Waals surface area contributed by atoms with Crippen LogP contribution in [0.2, 0.25) is 0 Å². The van der Waals surface area contributed by atoms with Gasteiger partial charge in [-0.1, -0.05) is 15.9 Å². The number of halogens is 1. The molecule has 2 aromatic rings. The van der Waals surface area contributed by atoms with E-state index in [9.17, 15) is 4.79 Å². The predicted octanol–water partition coefficient (Wildman–Crippen LogP) is 2.96. The molecule has 1 heterocycles. The number of carbonyl (C=O) groups excluding carboxylic acids is 1. The number of fused-ring (bicyclic) bond motifs is 1. The molecule has 15 heavy (non-hydrogen) atoms. The van der Waals surface area contributed by atoms with Crippen LogP contribution in [0.5, 0.6) is 0 Å². The molecule has 76 valence electrons. The van der Waals surface area contributed by atoms with E-state index in [2.05, 4.69) is 26.2 Å². The number of nitrogens with zero attached hydrogens (tertiary/aromatic N) is 1. The summed E-state index contributed by atoms with van der Waals surface area (Å²) in [5, 5.41) is 3.69. The topological polar surface area (TPSA) is 42.0 Å². The number of aromatic nitrogens is 1. The molecule has 0 saturated carbocycles. The number of benzene rings is 1. The highest BCUT2D eigenvalue weighted by Crippen LogP contribution is 2.19. The van der Waals surface area contributed by atoms with Crippen LogP contribution in [0.15, 0.2) is 34.8 Å². The number of rotatable bonds is 1. The fourth-order valence-electron chi connectivity index (χ4n) is 1.35. The average Bonchev–Trinajstić information content (AvgIpc) is 2.17. The van der Waals surface area contributed by atoms with Gasteiger partial charge in [-0.3, -0.25) is 4.79 Å². The molecule has 0 spiro atoms. The van der Waals surface area contributed by atoms with Crippen LogP contribution in [0, 0.1) is 0 Å². The molecular weight excluding hydrogens is 256 g/mol. The number of amides is 1. The first-order valence-electron chi connectivity index (χ1n) is 4.49. The quantitative estimate of drug-likeness (QED) is 0.861. The van der Waals surface area contributed by atoms with Crippen LogP contribution >= 0.6 is 15.9 Å². The van der Waals surface area contributed by atoms with E-state index in [0.717, 1.165) is 15.4 Å². The van der Waals surface area contributed by atoms with Gasteiger partial charge in [-0.05, 0) is 30.3 Å². The zero-order valence-corrected chi connectivity index (χ0v) is 9.71. The zero-order valence-electron chi connectivity index (χ0n) is 8.12. The van der Waals surface area contributed by atoms with E-state index in [4.69, 9.17) is 0 Å². The second-order valence-electron chi connectivity index (χ2n) is 3.21. The second-order valence-corrected chi connectivity index (χ2v) is 4.13. The standard InChI is InChI=1S/C11H9BrN2O/c1-7(15)13-11-5-2-8-6-9(12)3-4-10(8)14-11/h2-6H,1H3,(H,13,14,15). The molecule has 1 aromatic heterocycles. The van der Waals surface area contributed by atoms with Crippen LogP contribution in [-0.4, -0.2) is 10.9 Å². The Hall–Kier alpha value is -1.42. The number of anilines is 1. The molecular formula is C11H9BrN2O. The molecule has 0 aliphatic carbocycles. The summed E-state index contributed by atoms with van der Waals surface area (Å²) >= 11 is 3.39. The van der Waals surface area contributed by atoms with Crippen LogP contribution in [0.25, 0.3) is 10.9 Å². The summed E-state index contributed by atoms with van der Waals surface area (Å²) in [6, 6.07) is 9.53. The Morgan fingerprint density at radius 2 is 2.13 bits per heavy atom. The summed E-state index contributed by atoms with van der Waals surface area (Å²) in [5.74, 6) is 0.469. The van der Waals surface area contributed by atoms with Gasteiger partial charge in [0.1, 0.15) is 5.82 Å². The average molecular weight is 265 g/mol. The lowest BCUT2D eigenvalue weighted by atomic mass is 10.2. The smallest absolute Gasteiger partial charge is 0.222 e. The number of hydrogen-bond donors (Lipinski definition) is 1. The van der Waals surface area contributed by atoms with Crippen molar-refractivity contribution in [2.75, 3.05) is 5.32 Å². The van der Waals surface area contributed by atoms with Crippen LogP contribution in [0.1, 0.15) is 6.92 Å². The van der Waals surface area contributed by atoms with E-state index >= 15 is 0 Å². The first-order chi connectivity index (χ1) is 7.15. The molecule has 1 aromatic carbocycles. The van der Waals surface area contributed by atoms with Crippen LogP contribution in [-0.2, 0) is 4.79 Å². The van der Waals surface area contributed by atoms with Crippen molar-refractivity contribution in [2.45, 2.75) is 6.92 Å². The van der Waals surface area contributed by atoms with Crippen molar-refractivity contribution in [3.05, 3.63) is 34.8 Å². The number of nitrogens with one attached hydrogen (secondary N) is 1. The van der Waals surface area contributed by atoms with Crippen molar-refractivity contribution in [1.82, 2.24) is 4.98 Å². The van der Waals surface area contributed by atoms with E-state index in [-0.39, 0.29) is 5.91 Å². The van der Waals surface area contributed by atoms with Gasteiger partial charge in [0.05, 0.1) is 5.52 Å². The Bertz CT molecular complexity index is 525. The maximum atomic E-state index is 10.8. The van der Waals surface area contributed by atoms with Crippen LogP contribution in [0.3, 0.4) is 0 Å². The first-order valence-corrected chi connectivity index (χ1v) is 5.28. The highest BCUT2D eigenvalue weighted by molar-refractivity contribution is 9.10. The molecule has 2 rings (SSSR count). The third-order valence-electron chi connectivity index (χ3n) is 1.96. The SMILES string of the molecule is CC(=O)Nc1ccc2cc(Br)ccc2n1. The third-order valence-corrected chi connectivity index (χ3v) is 2.45. The van der Waals surface area contributed by atoms with E-state index in [1.807, 2.05) is 24.3 Å². The maximum Gasteiger partial charge on any atom is 0.222 e. The molecule has 0 fully saturated rings. The van der Waals surface area contributed by atoms with Crippen molar-refractivity contribution in [3.63, 3.8) is 0 Å². The Kier molecular flexibility index (Phi) is 2.68. The molecule has 0 aliphatic rings. The molecule has 1 amide bonds. The van der Waals surface area contributed by atoms with E-state index < -0.39 is 0 Å². The van der Waals surface area contributed by atoms with Crippen molar-refractivity contribution in [2.24, 2.45) is 0 Å². The minimum absolute atomic E-state index is 0.112. The summed E-state index contributed by atoms with van der Waals surface area (Å²) in [6.45, 7) is 1.47. The van der Waals surface area contributed by atoms with E-state index in [1.165, 1.54) is 6.92 Å². The van der Waals surface area contributed by atoms with Gasteiger partial charge in [-0.15, -0.1) is 0 Å². The zero-order chi connectivity index (χ0) is 10.8. The summed E-state index contributed by atoms with van der Waals surface area (Å²) < 4.78 is 1.02. The molecule has 0 saturated heterocycles. The van der Waals surface area contributed by atoms with Gasteiger partial charge >= 0.3 is 0 Å². The van der Waals surface area contributed by atoms with Gasteiger partial charge in [0.25, 0.3) is 0 Å². The number of pyridine rings is 1. The number of hydrogen-bond acceptors (Lipinski definition) is 2. The Morgan fingerprint density at radius 1 is 1.33 bits per heavy atom. The summed E-state index contributed by atoms with van der Waals surface area (Å²) in [6.07, 6.45) is 0. The first kappa shape index (κ1) is 10.1. The Labute approximate surface area is 95.6 Å². The van der Waals surface area contributed by atoms with Crippen molar-refractivity contribution >= 4 is 38.6 Å². The third kappa shape index (κ3) is 2.33. The Morgan fingerprint density at radius 3 is 2.87 bits per heavy atom. The predicted molar refractivity (Wildman–Crippen MR) is 63.7 cm³/mol. The number of carbonyl (C=O) groups is 1. The summed E-state index contributed by atoms with van der Waals surface area (Å²) in [5.41, 5.74) is 0.865. The van der Waals surface area contributed by atoms with Gasteiger partial charge in [0, 0.05) is 16.8 Å². The molecule has 0 bridgehead atoms. The lowest BCUT2D eigenvalue weighted by molar-refractivity contribution is -0.114. The van der Waals surface area contributed by atoms with Gasteiger partial charge in [0.2, 0.25) is 5.91 Å². The molecule has 3 nitrogen and oxygen atoms in total. The second kappa shape index (κ2) is 3.98. The molecule has 1 N–H and O–H groups in total. The van der Waals surface area contributed by atoms with E-state index in [0.29, 0.717) is 5.82 Å². The van der Waals surface area contributed by atoms with Crippen molar-refractivity contribution in [3.8, 4) is 0 Å². The maximum absolute atomic E-state index is 10.8. The molecule has 4 heteroatoms. The van der Waals surface area contributed by atoms with Gasteiger partial charge in [-0.25, -0.2) is 4.98 Å². The minimum atomic E-state index is -0.112. The molecule has 0 unspecified atom stereocenters. The molecule has 0 radical (unpaired) electrons. The lowest BCUT2D eigenvalue weighted by Crippen LogP contribution is -2.07. The fraction of sp³-hybridized carbons (Fsp3) is 0.0909. The van der Waals surface area contributed by atoms with Crippen LogP contribution in [0.4, 0.5) is 5.82 Å². The fourth-order valence-corrected chi connectivity index (χ4v) is 1.73. The minimum Gasteiger partial charge on any atom is -0.311 e. The Balaban J connectivity index is 2.47. The molecule has 0 atom stereocenters. The highest BCUT2D eigenvalue weighted by atomic mass is 79.9. The normalized spacial score (nSPS) is 10.3. The van der Waals surface area contributed by atoms with Crippen LogP contribution < -0.4 is 5.32 Å². The highest BCUT2D eigenvalue weighted by Gasteiger charge is 2.00. The monoisotopic (exact) mass is 264 g/mol. The summed E-state index contributed by atoms with van der Waals surface area (Å²) in [4.78, 5) is 15.1. The van der Waals surface area contributed by atoms with Crippen molar-refractivity contribution < 1.29 is 4.79 Å².